The Balaban J connectivity index is 1.72. The number of nitrogens with two attached hydrogens (primary N) is 1. The molecule has 1 aromatic rings. The average Bonchev–Trinajstić information content (AvgIpc) is 2.43. The molecule has 2 unspecified atom stereocenters. The minimum Gasteiger partial charge on any atom is -0.399 e. The van der Waals surface area contributed by atoms with Gasteiger partial charge >= 0.3 is 0 Å². The molecule has 3 rings (SSSR count). The van der Waals surface area contributed by atoms with Crippen LogP contribution in [0.3, 0.4) is 0 Å². The van der Waals surface area contributed by atoms with E-state index in [2.05, 4.69) is 30.0 Å². The van der Waals surface area contributed by atoms with Crippen molar-refractivity contribution in [3.8, 4) is 0 Å². The monoisotopic (exact) mass is 258 g/mol. The molecule has 2 nitrogen and oxygen atoms in total. The number of nitrogens with zero attached hydrogens (tertiary/aromatic N) is 1. The molecular weight excluding hydrogens is 232 g/mol. The first-order valence-electron chi connectivity index (χ1n) is 7.83. The van der Waals surface area contributed by atoms with Crippen LogP contribution >= 0.6 is 0 Å². The molecule has 2 aliphatic rings. The van der Waals surface area contributed by atoms with Crippen molar-refractivity contribution in [3.05, 3.63) is 29.3 Å². The number of rotatable bonds is 2. The number of aryl methyl sites for hydroxylation is 1. The van der Waals surface area contributed by atoms with Gasteiger partial charge in [-0.2, -0.15) is 0 Å². The van der Waals surface area contributed by atoms with Gasteiger partial charge < -0.3 is 5.73 Å². The van der Waals surface area contributed by atoms with Crippen molar-refractivity contribution in [3.63, 3.8) is 0 Å². The highest BCUT2D eigenvalue weighted by atomic mass is 15.2. The molecule has 0 aromatic heterocycles. The maximum Gasteiger partial charge on any atom is 0.0346 e. The Kier molecular flexibility index (Phi) is 3.79. The van der Waals surface area contributed by atoms with E-state index in [1.165, 1.54) is 56.2 Å². The van der Waals surface area contributed by atoms with Crippen LogP contribution in [0.2, 0.25) is 0 Å². The lowest BCUT2D eigenvalue weighted by molar-refractivity contribution is 0.0547. The molecule has 1 aliphatic carbocycles. The summed E-state index contributed by atoms with van der Waals surface area (Å²) in [5.74, 6) is 0.963. The predicted molar refractivity (Wildman–Crippen MR) is 81.0 cm³/mol. The van der Waals surface area contributed by atoms with Gasteiger partial charge in [0.05, 0.1) is 0 Å². The Bertz CT molecular complexity index is 439. The molecule has 104 valence electrons. The second-order valence-electron chi connectivity index (χ2n) is 6.42. The standard InChI is InChI=1S/C17H26N2/c1-13-8-9-14(11-16(13)18)12-19-10-4-6-15-5-2-3-7-17(15)19/h8-9,11,15,17H,2-7,10,12,18H2,1H3. The second-order valence-corrected chi connectivity index (χ2v) is 6.42. The Morgan fingerprint density at radius 1 is 1.16 bits per heavy atom. The van der Waals surface area contributed by atoms with E-state index in [1.807, 2.05) is 0 Å². The molecule has 1 saturated carbocycles. The summed E-state index contributed by atoms with van der Waals surface area (Å²) in [6.07, 6.45) is 8.57. The van der Waals surface area contributed by atoms with Crippen LogP contribution in [-0.4, -0.2) is 17.5 Å². The molecule has 2 heteroatoms. The lowest BCUT2D eigenvalue weighted by Crippen LogP contribution is -2.46. The molecule has 1 aromatic carbocycles. The first-order chi connectivity index (χ1) is 9.24. The van der Waals surface area contributed by atoms with Gasteiger partial charge in [-0.05, 0) is 62.3 Å². The third-order valence-corrected chi connectivity index (χ3v) is 5.09. The maximum atomic E-state index is 6.04. The molecule has 0 radical (unpaired) electrons. The molecule has 1 saturated heterocycles. The Morgan fingerprint density at radius 2 is 1.95 bits per heavy atom. The number of piperidine rings is 1. The minimum absolute atomic E-state index is 0.838. The molecule has 2 fully saturated rings. The van der Waals surface area contributed by atoms with Crippen molar-refractivity contribution < 1.29 is 0 Å². The highest BCUT2D eigenvalue weighted by Gasteiger charge is 2.32. The third-order valence-electron chi connectivity index (χ3n) is 5.09. The topological polar surface area (TPSA) is 29.3 Å². The molecule has 2 atom stereocenters. The van der Waals surface area contributed by atoms with Gasteiger partial charge in [0.1, 0.15) is 0 Å². The fourth-order valence-electron chi connectivity index (χ4n) is 3.95. The Labute approximate surface area is 117 Å². The number of nitrogen functional groups attached to an aromatic ring is 1. The Morgan fingerprint density at radius 3 is 2.79 bits per heavy atom. The van der Waals surface area contributed by atoms with Gasteiger partial charge in [-0.15, -0.1) is 0 Å². The Hall–Kier alpha value is -1.02. The third kappa shape index (κ3) is 2.79. The summed E-state index contributed by atoms with van der Waals surface area (Å²) in [5.41, 5.74) is 9.55. The summed E-state index contributed by atoms with van der Waals surface area (Å²) in [4.78, 5) is 2.72. The fourth-order valence-corrected chi connectivity index (χ4v) is 3.95. The zero-order valence-corrected chi connectivity index (χ0v) is 12.1. The average molecular weight is 258 g/mol. The quantitative estimate of drug-likeness (QED) is 0.819. The SMILES string of the molecule is Cc1ccc(CN2CCCC3CCCCC32)cc1N. The summed E-state index contributed by atoms with van der Waals surface area (Å²) in [6, 6.07) is 7.41. The van der Waals surface area contributed by atoms with Crippen LogP contribution in [0.15, 0.2) is 18.2 Å². The fraction of sp³-hybridized carbons (Fsp3) is 0.647. The van der Waals surface area contributed by atoms with Gasteiger partial charge in [-0.25, -0.2) is 0 Å². The van der Waals surface area contributed by atoms with Crippen LogP contribution in [0.25, 0.3) is 0 Å². The van der Waals surface area contributed by atoms with Crippen LogP contribution in [0.1, 0.15) is 49.7 Å². The number of hydrogen-bond donors (Lipinski definition) is 1. The van der Waals surface area contributed by atoms with E-state index in [1.54, 1.807) is 0 Å². The van der Waals surface area contributed by atoms with Gasteiger partial charge in [-0.3, -0.25) is 4.90 Å². The summed E-state index contributed by atoms with van der Waals surface area (Å²) in [7, 11) is 0. The van der Waals surface area contributed by atoms with Gasteiger partial charge in [0.15, 0.2) is 0 Å². The maximum absolute atomic E-state index is 6.04. The van der Waals surface area contributed by atoms with Crippen molar-refractivity contribution in [1.29, 1.82) is 0 Å². The van der Waals surface area contributed by atoms with Gasteiger partial charge in [-0.1, -0.05) is 25.0 Å². The van der Waals surface area contributed by atoms with E-state index < -0.39 is 0 Å². The van der Waals surface area contributed by atoms with Gasteiger partial charge in [0.2, 0.25) is 0 Å². The predicted octanol–water partition coefficient (Wildman–Crippen LogP) is 3.73. The van der Waals surface area contributed by atoms with E-state index in [0.717, 1.165) is 24.2 Å². The zero-order chi connectivity index (χ0) is 13.2. The van der Waals surface area contributed by atoms with Crippen molar-refractivity contribution in [2.75, 3.05) is 12.3 Å². The number of benzene rings is 1. The minimum atomic E-state index is 0.838. The summed E-state index contributed by atoms with van der Waals surface area (Å²) < 4.78 is 0. The highest BCUT2D eigenvalue weighted by molar-refractivity contribution is 5.48. The number of likely N-dealkylation sites (tertiary alicyclic amines) is 1. The smallest absolute Gasteiger partial charge is 0.0346 e. The molecule has 0 bridgehead atoms. The molecule has 0 amide bonds. The van der Waals surface area contributed by atoms with Crippen molar-refractivity contribution >= 4 is 5.69 Å². The highest BCUT2D eigenvalue weighted by Crippen LogP contribution is 2.36. The largest absolute Gasteiger partial charge is 0.399 e. The van der Waals surface area contributed by atoms with Crippen LogP contribution in [-0.2, 0) is 6.54 Å². The van der Waals surface area contributed by atoms with Crippen LogP contribution < -0.4 is 5.73 Å². The number of fused-ring (bicyclic) bond motifs is 1. The molecular formula is C17H26N2. The van der Waals surface area contributed by atoms with E-state index in [9.17, 15) is 0 Å². The summed E-state index contributed by atoms with van der Waals surface area (Å²) in [5, 5.41) is 0. The van der Waals surface area contributed by atoms with Crippen LogP contribution in [0, 0.1) is 12.8 Å². The van der Waals surface area contributed by atoms with Crippen LogP contribution in [0.5, 0.6) is 0 Å². The molecule has 2 N–H and O–H groups in total. The van der Waals surface area contributed by atoms with E-state index in [0.29, 0.717) is 0 Å². The number of hydrogen-bond acceptors (Lipinski definition) is 2. The normalized spacial score (nSPS) is 28.1. The zero-order valence-electron chi connectivity index (χ0n) is 12.1. The van der Waals surface area contributed by atoms with Crippen molar-refractivity contribution in [2.24, 2.45) is 5.92 Å². The number of anilines is 1. The molecule has 0 spiro atoms. The van der Waals surface area contributed by atoms with Gasteiger partial charge in [0.25, 0.3) is 0 Å². The lowest BCUT2D eigenvalue weighted by Gasteiger charge is -2.44. The van der Waals surface area contributed by atoms with E-state index >= 15 is 0 Å². The molecule has 1 heterocycles. The van der Waals surface area contributed by atoms with E-state index in [4.69, 9.17) is 5.73 Å². The molecule has 19 heavy (non-hydrogen) atoms. The summed E-state index contributed by atoms with van der Waals surface area (Å²) in [6.45, 7) is 4.44. The first kappa shape index (κ1) is 13.0. The van der Waals surface area contributed by atoms with Crippen molar-refractivity contribution in [1.82, 2.24) is 4.90 Å². The van der Waals surface area contributed by atoms with Crippen molar-refractivity contribution in [2.45, 2.75) is 58.0 Å². The van der Waals surface area contributed by atoms with Gasteiger partial charge in [0, 0.05) is 18.3 Å². The van der Waals surface area contributed by atoms with E-state index in [-0.39, 0.29) is 0 Å². The lowest BCUT2D eigenvalue weighted by atomic mass is 9.78. The first-order valence-corrected chi connectivity index (χ1v) is 7.83. The van der Waals surface area contributed by atoms with Crippen LogP contribution in [0.4, 0.5) is 5.69 Å². The molecule has 1 aliphatic heterocycles. The second kappa shape index (κ2) is 5.54. The summed E-state index contributed by atoms with van der Waals surface area (Å²) >= 11 is 0.